The van der Waals surface area contributed by atoms with Crippen molar-refractivity contribution >= 4 is 11.9 Å². The fraction of sp³-hybridized carbons (Fsp3) is 0.545. The van der Waals surface area contributed by atoms with Crippen LogP contribution in [-0.2, 0) is 4.79 Å². The Morgan fingerprint density at radius 2 is 1.94 bits per heavy atom. The van der Waals surface area contributed by atoms with E-state index in [0.717, 1.165) is 13.1 Å². The zero-order valence-electron chi connectivity index (χ0n) is 9.26. The molecule has 16 heavy (non-hydrogen) atoms. The van der Waals surface area contributed by atoms with Gasteiger partial charge in [0.05, 0.1) is 5.92 Å². The zero-order valence-corrected chi connectivity index (χ0v) is 9.26. The minimum atomic E-state index is -0.850. The van der Waals surface area contributed by atoms with E-state index in [0.29, 0.717) is 11.5 Å². The smallest absolute Gasteiger partial charge is 0.310 e. The lowest BCUT2D eigenvalue weighted by atomic mass is 10.1. The van der Waals surface area contributed by atoms with Crippen LogP contribution in [0.2, 0.25) is 0 Å². The van der Waals surface area contributed by atoms with Gasteiger partial charge in [0.1, 0.15) is 0 Å². The Balaban J connectivity index is 2.12. The number of nitrogens with zero attached hydrogens (tertiary/aromatic N) is 3. The number of hydrogen-bond donors (Lipinski definition) is 1. The molecular weight excluding hydrogens is 206 g/mol. The van der Waals surface area contributed by atoms with Crippen molar-refractivity contribution in [1.29, 1.82) is 0 Å². The van der Waals surface area contributed by atoms with E-state index in [-0.39, 0.29) is 0 Å². The molecular formula is C11H15N3O2. The van der Waals surface area contributed by atoms with Crippen molar-refractivity contribution in [2.75, 3.05) is 18.0 Å². The average molecular weight is 221 g/mol. The molecule has 1 N–H and O–H groups in total. The van der Waals surface area contributed by atoms with Crippen molar-refractivity contribution in [3.63, 3.8) is 0 Å². The van der Waals surface area contributed by atoms with E-state index in [9.17, 15) is 4.79 Å². The zero-order chi connectivity index (χ0) is 11.5. The molecule has 1 atom stereocenters. The summed E-state index contributed by atoms with van der Waals surface area (Å²) in [6.07, 6.45) is 5.58. The van der Waals surface area contributed by atoms with Crippen molar-refractivity contribution in [3.8, 4) is 0 Å². The van der Waals surface area contributed by atoms with Crippen molar-refractivity contribution in [2.24, 2.45) is 0 Å². The lowest BCUT2D eigenvalue weighted by molar-refractivity contribution is -0.138. The predicted octanol–water partition coefficient (Wildman–Crippen LogP) is 1.26. The minimum Gasteiger partial charge on any atom is -0.481 e. The molecule has 1 aromatic rings. The van der Waals surface area contributed by atoms with Gasteiger partial charge in [0.25, 0.3) is 0 Å². The molecule has 0 saturated carbocycles. The van der Waals surface area contributed by atoms with Crippen LogP contribution in [0.15, 0.2) is 12.4 Å². The van der Waals surface area contributed by atoms with Crippen LogP contribution in [0.1, 0.15) is 31.2 Å². The van der Waals surface area contributed by atoms with Gasteiger partial charge in [-0.3, -0.25) is 4.79 Å². The van der Waals surface area contributed by atoms with E-state index >= 15 is 0 Å². The summed E-state index contributed by atoms with van der Waals surface area (Å²) >= 11 is 0. The molecule has 2 heterocycles. The topological polar surface area (TPSA) is 66.3 Å². The normalized spacial score (nSPS) is 17.4. The van der Waals surface area contributed by atoms with Gasteiger partial charge in [-0.1, -0.05) is 0 Å². The minimum absolute atomic E-state index is 0.548. The maximum atomic E-state index is 10.8. The van der Waals surface area contributed by atoms with Crippen LogP contribution in [0.4, 0.5) is 5.95 Å². The summed E-state index contributed by atoms with van der Waals surface area (Å²) in [5.74, 6) is -0.691. The summed E-state index contributed by atoms with van der Waals surface area (Å²) < 4.78 is 0. The third kappa shape index (κ3) is 2.13. The molecule has 5 nitrogen and oxygen atoms in total. The molecule has 1 aliphatic heterocycles. The molecule has 5 heteroatoms. The summed E-state index contributed by atoms with van der Waals surface area (Å²) in [5, 5.41) is 8.85. The molecule has 1 unspecified atom stereocenters. The Morgan fingerprint density at radius 1 is 1.38 bits per heavy atom. The first-order valence-electron chi connectivity index (χ1n) is 5.48. The largest absolute Gasteiger partial charge is 0.481 e. The van der Waals surface area contributed by atoms with Crippen molar-refractivity contribution in [1.82, 2.24) is 9.97 Å². The molecule has 0 amide bonds. The summed E-state index contributed by atoms with van der Waals surface area (Å²) in [6, 6.07) is 0. The molecule has 1 aromatic heterocycles. The average Bonchev–Trinajstić information content (AvgIpc) is 2.81. The van der Waals surface area contributed by atoms with E-state index in [1.807, 2.05) is 0 Å². The second-order valence-electron chi connectivity index (χ2n) is 4.07. The molecule has 0 spiro atoms. The summed E-state index contributed by atoms with van der Waals surface area (Å²) in [5.41, 5.74) is 0.649. The van der Waals surface area contributed by atoms with E-state index in [1.165, 1.54) is 12.8 Å². The molecule has 2 rings (SSSR count). The van der Waals surface area contributed by atoms with Crippen molar-refractivity contribution in [3.05, 3.63) is 18.0 Å². The number of aliphatic carboxylic acids is 1. The SMILES string of the molecule is CC(C(=O)O)c1cnc(N2CCCC2)nc1. The van der Waals surface area contributed by atoms with Crippen LogP contribution in [0, 0.1) is 0 Å². The van der Waals surface area contributed by atoms with Gasteiger partial charge in [-0.25, -0.2) is 9.97 Å². The number of hydrogen-bond acceptors (Lipinski definition) is 4. The molecule has 1 aliphatic rings. The maximum absolute atomic E-state index is 10.8. The van der Waals surface area contributed by atoms with Gasteiger partial charge in [-0.2, -0.15) is 0 Å². The van der Waals surface area contributed by atoms with Gasteiger partial charge >= 0.3 is 5.97 Å². The Kier molecular flexibility index (Phi) is 3.03. The van der Waals surface area contributed by atoms with E-state index in [1.54, 1.807) is 19.3 Å². The highest BCUT2D eigenvalue weighted by molar-refractivity contribution is 5.75. The molecule has 86 valence electrons. The number of rotatable bonds is 3. The van der Waals surface area contributed by atoms with Crippen molar-refractivity contribution in [2.45, 2.75) is 25.7 Å². The molecule has 0 radical (unpaired) electrons. The quantitative estimate of drug-likeness (QED) is 0.832. The molecule has 0 aromatic carbocycles. The highest BCUT2D eigenvalue weighted by Crippen LogP contribution is 2.18. The van der Waals surface area contributed by atoms with Gasteiger partial charge in [0.2, 0.25) is 5.95 Å². The first kappa shape index (κ1) is 10.9. The fourth-order valence-electron chi connectivity index (χ4n) is 1.78. The van der Waals surface area contributed by atoms with Crippen molar-refractivity contribution < 1.29 is 9.90 Å². The highest BCUT2D eigenvalue weighted by atomic mass is 16.4. The Morgan fingerprint density at radius 3 is 2.44 bits per heavy atom. The molecule has 1 fully saturated rings. The molecule has 1 saturated heterocycles. The Bertz CT molecular complexity index is 371. The predicted molar refractivity (Wildman–Crippen MR) is 59.5 cm³/mol. The van der Waals surface area contributed by atoms with Crippen LogP contribution in [-0.4, -0.2) is 34.1 Å². The standard InChI is InChI=1S/C11H15N3O2/c1-8(10(15)16)9-6-12-11(13-7-9)14-4-2-3-5-14/h6-8H,2-5H2,1H3,(H,15,16). The van der Waals surface area contributed by atoms with Crippen LogP contribution in [0.3, 0.4) is 0 Å². The Hall–Kier alpha value is -1.65. The van der Waals surface area contributed by atoms with E-state index in [2.05, 4.69) is 14.9 Å². The van der Waals surface area contributed by atoms with Gasteiger partial charge in [-0.15, -0.1) is 0 Å². The van der Waals surface area contributed by atoms with Crippen LogP contribution in [0.25, 0.3) is 0 Å². The first-order chi connectivity index (χ1) is 7.68. The van der Waals surface area contributed by atoms with Gasteiger partial charge in [0.15, 0.2) is 0 Å². The number of anilines is 1. The third-order valence-electron chi connectivity index (χ3n) is 2.92. The number of aromatic nitrogens is 2. The third-order valence-corrected chi connectivity index (χ3v) is 2.92. The Labute approximate surface area is 94.1 Å². The number of carboxylic acids is 1. The van der Waals surface area contributed by atoms with Crippen LogP contribution >= 0.6 is 0 Å². The monoisotopic (exact) mass is 221 g/mol. The number of carbonyl (C=O) groups is 1. The van der Waals surface area contributed by atoms with Crippen LogP contribution < -0.4 is 4.90 Å². The first-order valence-corrected chi connectivity index (χ1v) is 5.48. The van der Waals surface area contributed by atoms with Gasteiger partial charge in [-0.05, 0) is 19.8 Å². The fourth-order valence-corrected chi connectivity index (χ4v) is 1.78. The summed E-state index contributed by atoms with van der Waals surface area (Å²) in [7, 11) is 0. The van der Waals surface area contributed by atoms with Gasteiger partial charge in [0, 0.05) is 31.0 Å². The highest BCUT2D eigenvalue weighted by Gasteiger charge is 2.17. The summed E-state index contributed by atoms with van der Waals surface area (Å²) in [4.78, 5) is 21.3. The van der Waals surface area contributed by atoms with E-state index < -0.39 is 11.9 Å². The second kappa shape index (κ2) is 4.47. The lowest BCUT2D eigenvalue weighted by Crippen LogP contribution is -2.20. The van der Waals surface area contributed by atoms with Crippen LogP contribution in [0.5, 0.6) is 0 Å². The second-order valence-corrected chi connectivity index (χ2v) is 4.07. The molecule has 0 bridgehead atoms. The molecule has 0 aliphatic carbocycles. The lowest BCUT2D eigenvalue weighted by Gasteiger charge is -2.15. The maximum Gasteiger partial charge on any atom is 0.310 e. The summed E-state index contributed by atoms with van der Waals surface area (Å²) in [6.45, 7) is 3.62. The van der Waals surface area contributed by atoms with Gasteiger partial charge < -0.3 is 10.0 Å². The van der Waals surface area contributed by atoms with E-state index in [4.69, 9.17) is 5.11 Å². The number of carboxylic acid groups (broad SMARTS) is 1.